The van der Waals surface area contributed by atoms with Gasteiger partial charge in [-0.25, -0.2) is 0 Å². The minimum Gasteiger partial charge on any atom is -0.326 e. The quantitative estimate of drug-likeness (QED) is 0.600. The summed E-state index contributed by atoms with van der Waals surface area (Å²) in [6, 6.07) is 9.48. The van der Waals surface area contributed by atoms with Gasteiger partial charge in [-0.05, 0) is 51.4 Å². The molecular formula is C19H23N3O3S. The Kier molecular flexibility index (Phi) is 5.68. The zero-order chi connectivity index (χ0) is 18.7. The summed E-state index contributed by atoms with van der Waals surface area (Å²) in [7, 11) is 0. The first-order valence-corrected chi connectivity index (χ1v) is 9.61. The van der Waals surface area contributed by atoms with Gasteiger partial charge < -0.3 is 5.32 Å². The van der Waals surface area contributed by atoms with Crippen molar-refractivity contribution < 1.29 is 9.72 Å². The summed E-state index contributed by atoms with van der Waals surface area (Å²) in [4.78, 5) is 28.0. The largest absolute Gasteiger partial charge is 0.326 e. The molecule has 1 aromatic carbocycles. The van der Waals surface area contributed by atoms with Crippen molar-refractivity contribution >= 4 is 28.6 Å². The first-order valence-electron chi connectivity index (χ1n) is 8.80. The van der Waals surface area contributed by atoms with Gasteiger partial charge in [0.2, 0.25) is 5.91 Å². The molecule has 1 aliphatic rings. The molecule has 1 N–H and O–H groups in total. The third-order valence-corrected chi connectivity index (χ3v) is 5.96. The van der Waals surface area contributed by atoms with Crippen LogP contribution in [0.5, 0.6) is 0 Å². The number of amides is 1. The zero-order valence-corrected chi connectivity index (χ0v) is 15.8. The number of thiophene rings is 1. The molecule has 1 fully saturated rings. The fourth-order valence-corrected chi connectivity index (χ4v) is 4.51. The molecule has 1 aromatic heterocycles. The molecule has 0 spiro atoms. The Bertz CT molecular complexity index is 818. The molecule has 2 heterocycles. The van der Waals surface area contributed by atoms with Crippen LogP contribution in [0.4, 0.5) is 11.4 Å². The Balaban J connectivity index is 1.59. The number of nitro benzene ring substituents is 1. The summed E-state index contributed by atoms with van der Waals surface area (Å²) in [5.74, 6) is -0.110. The molecule has 1 amide bonds. The summed E-state index contributed by atoms with van der Waals surface area (Å²) in [6.45, 7) is 5.47. The molecule has 3 rings (SSSR count). The van der Waals surface area contributed by atoms with E-state index in [0.29, 0.717) is 30.3 Å². The Morgan fingerprint density at radius 3 is 2.85 bits per heavy atom. The Hall–Kier alpha value is -2.25. The highest BCUT2D eigenvalue weighted by Gasteiger charge is 2.27. The van der Waals surface area contributed by atoms with E-state index >= 15 is 0 Å². The van der Waals surface area contributed by atoms with E-state index in [0.717, 1.165) is 19.4 Å². The lowest BCUT2D eigenvalue weighted by Gasteiger charge is -2.23. The normalized spacial score (nSPS) is 17.4. The van der Waals surface area contributed by atoms with Crippen LogP contribution < -0.4 is 5.32 Å². The van der Waals surface area contributed by atoms with E-state index < -0.39 is 4.92 Å². The average Bonchev–Trinajstić information content (AvgIpc) is 3.23. The van der Waals surface area contributed by atoms with Crippen LogP contribution in [0.2, 0.25) is 0 Å². The van der Waals surface area contributed by atoms with E-state index in [2.05, 4.69) is 29.3 Å². The van der Waals surface area contributed by atoms with Crippen LogP contribution in [0.3, 0.4) is 0 Å². The van der Waals surface area contributed by atoms with E-state index in [1.807, 2.05) is 11.3 Å². The first kappa shape index (κ1) is 18.5. The molecule has 26 heavy (non-hydrogen) atoms. The van der Waals surface area contributed by atoms with E-state index in [4.69, 9.17) is 0 Å². The number of anilines is 1. The van der Waals surface area contributed by atoms with Crippen molar-refractivity contribution in [1.82, 2.24) is 4.90 Å². The molecule has 1 unspecified atom stereocenters. The molecule has 1 atom stereocenters. The van der Waals surface area contributed by atoms with Crippen LogP contribution in [0.1, 0.15) is 40.6 Å². The van der Waals surface area contributed by atoms with Gasteiger partial charge in [0.15, 0.2) is 0 Å². The highest BCUT2D eigenvalue weighted by molar-refractivity contribution is 7.12. The predicted molar refractivity (Wildman–Crippen MR) is 104 cm³/mol. The number of hydrogen-bond donors (Lipinski definition) is 1. The van der Waals surface area contributed by atoms with Crippen molar-refractivity contribution in [2.45, 2.75) is 39.2 Å². The molecular weight excluding hydrogens is 350 g/mol. The fraction of sp³-hybridized carbons (Fsp3) is 0.421. The van der Waals surface area contributed by atoms with Gasteiger partial charge in [-0.1, -0.05) is 6.07 Å². The van der Waals surface area contributed by atoms with Gasteiger partial charge in [-0.3, -0.25) is 19.8 Å². The maximum atomic E-state index is 12.3. The fourth-order valence-electron chi connectivity index (χ4n) is 3.46. The summed E-state index contributed by atoms with van der Waals surface area (Å²) >= 11 is 1.83. The summed E-state index contributed by atoms with van der Waals surface area (Å²) < 4.78 is 0. The highest BCUT2D eigenvalue weighted by atomic mass is 32.1. The van der Waals surface area contributed by atoms with Crippen LogP contribution in [0.15, 0.2) is 30.3 Å². The Morgan fingerprint density at radius 2 is 2.15 bits per heavy atom. The summed E-state index contributed by atoms with van der Waals surface area (Å²) in [6.07, 6.45) is 2.65. The van der Waals surface area contributed by atoms with Gasteiger partial charge in [0.25, 0.3) is 5.69 Å². The molecule has 6 nitrogen and oxygen atoms in total. The number of nitrogens with one attached hydrogen (secondary N) is 1. The maximum absolute atomic E-state index is 12.3. The van der Waals surface area contributed by atoms with Crippen molar-refractivity contribution in [2.24, 2.45) is 0 Å². The first-order chi connectivity index (χ1) is 12.5. The molecule has 0 saturated carbocycles. The number of nitro groups is 1. The van der Waals surface area contributed by atoms with Gasteiger partial charge in [0.1, 0.15) is 0 Å². The summed E-state index contributed by atoms with van der Waals surface area (Å²) in [5.41, 5.74) is 1.02. The second kappa shape index (κ2) is 7.97. The van der Waals surface area contributed by atoms with Gasteiger partial charge in [0.05, 0.1) is 16.2 Å². The van der Waals surface area contributed by atoms with Gasteiger partial charge in [-0.15, -0.1) is 11.3 Å². The zero-order valence-electron chi connectivity index (χ0n) is 15.0. The molecule has 0 bridgehead atoms. The van der Waals surface area contributed by atoms with Crippen molar-refractivity contribution in [3.8, 4) is 0 Å². The number of likely N-dealkylation sites (tertiary alicyclic amines) is 1. The minimum atomic E-state index is -0.428. The van der Waals surface area contributed by atoms with Crippen LogP contribution in [-0.4, -0.2) is 28.8 Å². The second-order valence-electron chi connectivity index (χ2n) is 6.65. The molecule has 0 aliphatic carbocycles. The number of hydrogen-bond acceptors (Lipinski definition) is 5. The molecule has 7 heteroatoms. The predicted octanol–water partition coefficient (Wildman–Crippen LogP) is 4.44. The monoisotopic (exact) mass is 373 g/mol. The molecule has 2 aromatic rings. The van der Waals surface area contributed by atoms with Gasteiger partial charge in [0, 0.05) is 34.8 Å². The Morgan fingerprint density at radius 1 is 1.35 bits per heavy atom. The minimum absolute atomic E-state index is 0.0236. The van der Waals surface area contributed by atoms with Crippen molar-refractivity contribution in [3.05, 3.63) is 55.8 Å². The number of benzene rings is 1. The van der Waals surface area contributed by atoms with Crippen LogP contribution in [0, 0.1) is 24.0 Å². The lowest BCUT2D eigenvalue weighted by molar-refractivity contribution is -0.385. The van der Waals surface area contributed by atoms with Gasteiger partial charge >= 0.3 is 0 Å². The number of rotatable bonds is 6. The van der Waals surface area contributed by atoms with Gasteiger partial charge in [-0.2, -0.15) is 0 Å². The molecule has 0 radical (unpaired) electrons. The molecule has 138 valence electrons. The molecule has 1 saturated heterocycles. The van der Waals surface area contributed by atoms with E-state index in [-0.39, 0.29) is 11.6 Å². The topological polar surface area (TPSA) is 75.5 Å². The highest BCUT2D eigenvalue weighted by Crippen LogP contribution is 2.35. The second-order valence-corrected chi connectivity index (χ2v) is 7.97. The lowest BCUT2D eigenvalue weighted by Crippen LogP contribution is -2.27. The lowest BCUT2D eigenvalue weighted by atomic mass is 10.1. The van der Waals surface area contributed by atoms with Crippen LogP contribution in [-0.2, 0) is 4.79 Å². The number of nitrogens with zero attached hydrogens (tertiary/aromatic N) is 2. The summed E-state index contributed by atoms with van der Waals surface area (Å²) in [5, 5.41) is 13.8. The van der Waals surface area contributed by atoms with Crippen molar-refractivity contribution in [2.75, 3.05) is 18.4 Å². The van der Waals surface area contributed by atoms with E-state index in [9.17, 15) is 14.9 Å². The van der Waals surface area contributed by atoms with Crippen LogP contribution in [0.25, 0.3) is 0 Å². The average molecular weight is 373 g/mol. The van der Waals surface area contributed by atoms with Crippen molar-refractivity contribution in [3.63, 3.8) is 0 Å². The number of aryl methyl sites for hydroxylation is 1. The maximum Gasteiger partial charge on any atom is 0.274 e. The van der Waals surface area contributed by atoms with E-state index in [1.165, 1.54) is 15.8 Å². The third kappa shape index (κ3) is 4.11. The third-order valence-electron chi connectivity index (χ3n) is 4.86. The number of carbonyl (C=O) groups excluding carboxylic acids is 1. The smallest absolute Gasteiger partial charge is 0.274 e. The van der Waals surface area contributed by atoms with Crippen LogP contribution >= 0.6 is 11.3 Å². The van der Waals surface area contributed by atoms with E-state index in [1.54, 1.807) is 19.1 Å². The SMILES string of the molecule is Cc1ccc(C2CCCN2CCC(=O)Nc2cccc([N+](=O)[O-])c2C)s1. The number of carbonyl (C=O) groups is 1. The Labute approximate surface area is 157 Å². The van der Waals surface area contributed by atoms with Crippen molar-refractivity contribution in [1.29, 1.82) is 0 Å². The molecule has 1 aliphatic heterocycles. The standard InChI is InChI=1S/C19H23N3O3S/c1-13-8-9-18(26-13)17-7-4-11-21(17)12-10-19(23)20-15-5-3-6-16(14(15)2)22(24)25/h3,5-6,8-9,17H,4,7,10-12H2,1-2H3,(H,20,23).